The van der Waals surface area contributed by atoms with Crippen LogP contribution in [0.15, 0.2) is 36.3 Å². The lowest BCUT2D eigenvalue weighted by Gasteiger charge is -2.36. The topological polar surface area (TPSA) is 156 Å². The highest BCUT2D eigenvalue weighted by molar-refractivity contribution is 6.30. The number of phenols is 2. The van der Waals surface area contributed by atoms with Crippen molar-refractivity contribution in [3.05, 3.63) is 69.7 Å². The smallest absolute Gasteiger partial charge is 0.201 e. The number of ketones is 3. The molecule has 2 aliphatic carbocycles. The quantitative estimate of drug-likeness (QED) is 0.427. The number of Topliss-reactive ketones (excluding diaryl/α,β-unsaturated/α-hetero) is 1. The number of hydrogen-bond acceptors (Lipinski definition) is 9. The van der Waals surface area contributed by atoms with Crippen molar-refractivity contribution in [2.45, 2.75) is 44.6 Å². The molecule has 2 aromatic rings. The van der Waals surface area contributed by atoms with Crippen molar-refractivity contribution in [3.8, 4) is 11.5 Å². The largest absolute Gasteiger partial charge is 0.507 e. The number of nitrogens with two attached hydrogens (primary N) is 1. The molecule has 0 aromatic heterocycles. The summed E-state index contributed by atoms with van der Waals surface area (Å²) < 4.78 is 11.4. The van der Waals surface area contributed by atoms with E-state index in [1.807, 2.05) is 0 Å². The van der Waals surface area contributed by atoms with Gasteiger partial charge in [-0.25, -0.2) is 0 Å². The Balaban J connectivity index is 1.65. The number of aliphatic hydroxyl groups excluding tert-OH is 1. The van der Waals surface area contributed by atoms with Gasteiger partial charge in [0.25, 0.3) is 0 Å². The zero-order valence-electron chi connectivity index (χ0n) is 18.3. The van der Waals surface area contributed by atoms with Gasteiger partial charge in [-0.3, -0.25) is 14.4 Å². The summed E-state index contributed by atoms with van der Waals surface area (Å²) in [7, 11) is 0. The third kappa shape index (κ3) is 3.27. The van der Waals surface area contributed by atoms with Crippen LogP contribution in [0.25, 0.3) is 0 Å². The maximum absolute atomic E-state index is 13.3. The first-order valence-electron chi connectivity index (χ1n) is 10.9. The summed E-state index contributed by atoms with van der Waals surface area (Å²) in [5, 5.41) is 32.1. The van der Waals surface area contributed by atoms with Gasteiger partial charge in [0.15, 0.2) is 11.6 Å². The van der Waals surface area contributed by atoms with Gasteiger partial charge < -0.3 is 30.5 Å². The normalized spacial score (nSPS) is 25.5. The van der Waals surface area contributed by atoms with Crippen LogP contribution in [-0.4, -0.2) is 45.0 Å². The molecule has 0 saturated carbocycles. The minimum Gasteiger partial charge on any atom is -0.507 e. The van der Waals surface area contributed by atoms with Crippen LogP contribution in [-0.2, 0) is 20.7 Å². The van der Waals surface area contributed by atoms with Crippen molar-refractivity contribution >= 4 is 17.3 Å². The summed E-state index contributed by atoms with van der Waals surface area (Å²) in [6.45, 7) is 1.42. The first kappa shape index (κ1) is 22.1. The number of aromatic hydroxyl groups is 2. The van der Waals surface area contributed by atoms with E-state index in [-0.39, 0.29) is 64.2 Å². The van der Waals surface area contributed by atoms with Crippen molar-refractivity contribution in [1.82, 2.24) is 0 Å². The predicted octanol–water partition coefficient (Wildman–Crippen LogP) is 2.56. The van der Waals surface area contributed by atoms with Crippen LogP contribution >= 0.6 is 0 Å². The molecule has 5 rings (SSSR count). The number of carbonyl (C=O) groups excluding carboxylic acids is 3. The first-order chi connectivity index (χ1) is 16.2. The average Bonchev–Trinajstić information content (AvgIpc) is 2.81. The predicted molar refractivity (Wildman–Crippen MR) is 118 cm³/mol. The Bertz CT molecular complexity index is 1280. The molecule has 2 aromatic carbocycles. The van der Waals surface area contributed by atoms with Gasteiger partial charge in [-0.2, -0.15) is 0 Å². The molecule has 2 unspecified atom stereocenters. The molecule has 9 heteroatoms. The van der Waals surface area contributed by atoms with E-state index in [2.05, 4.69) is 0 Å². The van der Waals surface area contributed by atoms with Crippen molar-refractivity contribution in [2.75, 3.05) is 0 Å². The molecule has 1 aliphatic heterocycles. The lowest BCUT2D eigenvalue weighted by Crippen LogP contribution is -2.36. The number of hydrogen-bond donors (Lipinski definition) is 4. The van der Waals surface area contributed by atoms with E-state index in [4.69, 9.17) is 15.2 Å². The van der Waals surface area contributed by atoms with Gasteiger partial charge in [0, 0.05) is 34.6 Å². The molecule has 9 nitrogen and oxygen atoms in total. The Morgan fingerprint density at radius 2 is 1.65 bits per heavy atom. The second-order valence-electron chi connectivity index (χ2n) is 8.87. The molecule has 0 fully saturated rings. The Morgan fingerprint density at radius 3 is 2.24 bits per heavy atom. The van der Waals surface area contributed by atoms with Crippen LogP contribution in [0.4, 0.5) is 0 Å². The summed E-state index contributed by atoms with van der Waals surface area (Å²) in [6.07, 6.45) is -0.399. The van der Waals surface area contributed by atoms with Gasteiger partial charge in [-0.15, -0.1) is 0 Å². The SMILES string of the molecule is CC(=O)[C@@H]1Cc2c(O)c3c(c(O)c2[C@@H](OC2CC(N)C(O)=CO2)C1)C(=O)c1ccccc1C3=O. The van der Waals surface area contributed by atoms with Gasteiger partial charge in [0.05, 0.1) is 23.3 Å². The molecule has 34 heavy (non-hydrogen) atoms. The van der Waals surface area contributed by atoms with Crippen LogP contribution in [0.2, 0.25) is 0 Å². The Labute approximate surface area is 194 Å². The molecular formula is C25H23NO8. The van der Waals surface area contributed by atoms with Gasteiger partial charge in [0.1, 0.15) is 29.3 Å². The highest BCUT2D eigenvalue weighted by Crippen LogP contribution is 2.51. The molecular weight excluding hydrogens is 442 g/mol. The van der Waals surface area contributed by atoms with Gasteiger partial charge >= 0.3 is 0 Å². The fourth-order valence-electron chi connectivity index (χ4n) is 4.96. The fourth-order valence-corrected chi connectivity index (χ4v) is 4.96. The fraction of sp³-hybridized carbons (Fsp3) is 0.320. The molecule has 4 atom stereocenters. The highest BCUT2D eigenvalue weighted by atomic mass is 16.7. The summed E-state index contributed by atoms with van der Waals surface area (Å²) in [5.74, 6) is -2.90. The maximum atomic E-state index is 13.3. The number of rotatable bonds is 3. The maximum Gasteiger partial charge on any atom is 0.201 e. The molecule has 3 aliphatic rings. The summed E-state index contributed by atoms with van der Waals surface area (Å²) in [6, 6.07) is 5.49. The molecule has 1 heterocycles. The summed E-state index contributed by atoms with van der Waals surface area (Å²) in [5.41, 5.74) is 5.91. The molecule has 0 spiro atoms. The summed E-state index contributed by atoms with van der Waals surface area (Å²) in [4.78, 5) is 38.8. The van der Waals surface area contributed by atoms with Crippen molar-refractivity contribution < 1.29 is 39.2 Å². The number of aliphatic hydroxyl groups is 1. The summed E-state index contributed by atoms with van der Waals surface area (Å²) >= 11 is 0. The van der Waals surface area contributed by atoms with E-state index in [1.165, 1.54) is 19.1 Å². The Morgan fingerprint density at radius 1 is 1.03 bits per heavy atom. The number of fused-ring (bicyclic) bond motifs is 3. The third-order valence-electron chi connectivity index (χ3n) is 6.79. The van der Waals surface area contributed by atoms with Crippen LogP contribution in [0.5, 0.6) is 11.5 Å². The second-order valence-corrected chi connectivity index (χ2v) is 8.87. The molecule has 5 N–H and O–H groups in total. The molecule has 0 radical (unpaired) electrons. The Hall–Kier alpha value is -3.69. The number of carbonyl (C=O) groups is 3. The van der Waals surface area contributed by atoms with Crippen molar-refractivity contribution in [3.63, 3.8) is 0 Å². The first-order valence-corrected chi connectivity index (χ1v) is 10.9. The molecule has 0 bridgehead atoms. The van der Waals surface area contributed by atoms with Gasteiger partial charge in [-0.05, 0) is 19.8 Å². The number of phenolic OH excluding ortho intramolecular Hbond substituents is 2. The van der Waals surface area contributed by atoms with Crippen LogP contribution in [0.3, 0.4) is 0 Å². The Kier molecular flexibility index (Phi) is 5.18. The monoisotopic (exact) mass is 465 g/mol. The average molecular weight is 465 g/mol. The number of benzene rings is 2. The van der Waals surface area contributed by atoms with Crippen molar-refractivity contribution in [1.29, 1.82) is 0 Å². The molecule has 0 saturated heterocycles. The minimum atomic E-state index is -0.931. The molecule has 176 valence electrons. The van der Waals surface area contributed by atoms with E-state index in [9.17, 15) is 29.7 Å². The lowest BCUT2D eigenvalue weighted by atomic mass is 9.74. The van der Waals surface area contributed by atoms with E-state index < -0.39 is 47.4 Å². The van der Waals surface area contributed by atoms with Gasteiger partial charge in [-0.1, -0.05) is 24.3 Å². The van der Waals surface area contributed by atoms with E-state index >= 15 is 0 Å². The van der Waals surface area contributed by atoms with Crippen LogP contribution in [0.1, 0.15) is 68.8 Å². The third-order valence-corrected chi connectivity index (χ3v) is 6.79. The van der Waals surface area contributed by atoms with Crippen molar-refractivity contribution in [2.24, 2.45) is 11.7 Å². The standard InChI is InChI=1S/C25H23NO8/c1-10(27)11-6-14-19(17(7-11)34-18-8-15(26)16(28)9-33-18)25(32)21-20(24(14)31)22(29)12-4-2-3-5-13(12)23(21)30/h2-5,9,11,15,17-18,28,31-32H,6-8,26H2,1H3/t11-,15?,17+,18?/m1/s1. The van der Waals surface area contributed by atoms with Crippen LogP contribution < -0.4 is 5.73 Å². The molecule has 0 amide bonds. The highest BCUT2D eigenvalue weighted by Gasteiger charge is 2.43. The number of ether oxygens (including phenoxy) is 2. The zero-order chi connectivity index (χ0) is 24.3. The van der Waals surface area contributed by atoms with E-state index in [0.717, 1.165) is 6.26 Å². The van der Waals surface area contributed by atoms with E-state index in [0.29, 0.717) is 0 Å². The zero-order valence-corrected chi connectivity index (χ0v) is 18.3. The second kappa shape index (κ2) is 7.96. The van der Waals surface area contributed by atoms with E-state index in [1.54, 1.807) is 12.1 Å². The van der Waals surface area contributed by atoms with Gasteiger partial charge in [0.2, 0.25) is 6.29 Å². The van der Waals surface area contributed by atoms with Crippen LogP contribution in [0, 0.1) is 5.92 Å². The minimum absolute atomic E-state index is 0.0754. The lowest BCUT2D eigenvalue weighted by molar-refractivity contribution is -0.165.